The average molecular weight is 212 g/mol. The Balaban J connectivity index is 2.09. The Morgan fingerprint density at radius 2 is 2.47 bits per heavy atom. The fraction of sp³-hybridized carbons (Fsp3) is 0.667. The van der Waals surface area contributed by atoms with Crippen molar-refractivity contribution in [1.82, 2.24) is 20.3 Å². The molecule has 6 heteroatoms. The molecule has 0 bridgehead atoms. The first-order chi connectivity index (χ1) is 7.24. The van der Waals surface area contributed by atoms with Gasteiger partial charge in [0, 0.05) is 19.3 Å². The van der Waals surface area contributed by atoms with Crippen molar-refractivity contribution < 1.29 is 9.53 Å². The van der Waals surface area contributed by atoms with Crippen LogP contribution in [0.2, 0.25) is 0 Å². The van der Waals surface area contributed by atoms with Crippen LogP contribution in [0.1, 0.15) is 6.92 Å². The number of aromatic nitrogens is 3. The monoisotopic (exact) mass is 212 g/mol. The molecule has 84 valence electrons. The van der Waals surface area contributed by atoms with Crippen LogP contribution in [0, 0.1) is 5.92 Å². The lowest BCUT2D eigenvalue weighted by molar-refractivity contribution is -0.144. The van der Waals surface area contributed by atoms with Gasteiger partial charge in [-0.15, -0.1) is 5.10 Å². The summed E-state index contributed by atoms with van der Waals surface area (Å²) in [5.41, 5.74) is 0. The number of hydrogen-bond acceptors (Lipinski definition) is 5. The third kappa shape index (κ3) is 4.07. The van der Waals surface area contributed by atoms with E-state index in [9.17, 15) is 4.79 Å². The molecule has 1 unspecified atom stereocenters. The van der Waals surface area contributed by atoms with Crippen molar-refractivity contribution in [2.45, 2.75) is 13.5 Å². The van der Waals surface area contributed by atoms with E-state index in [-0.39, 0.29) is 11.9 Å². The van der Waals surface area contributed by atoms with E-state index in [1.165, 1.54) is 7.11 Å². The first-order valence-electron chi connectivity index (χ1n) is 4.86. The molecule has 15 heavy (non-hydrogen) atoms. The van der Waals surface area contributed by atoms with Crippen LogP contribution in [-0.4, -0.2) is 41.2 Å². The smallest absolute Gasteiger partial charge is 0.309 e. The highest BCUT2D eigenvalue weighted by atomic mass is 16.5. The molecular weight excluding hydrogens is 196 g/mol. The van der Waals surface area contributed by atoms with Crippen molar-refractivity contribution in [2.75, 3.05) is 20.2 Å². The van der Waals surface area contributed by atoms with Gasteiger partial charge < -0.3 is 10.1 Å². The summed E-state index contributed by atoms with van der Waals surface area (Å²) >= 11 is 0. The quantitative estimate of drug-likeness (QED) is 0.517. The molecule has 0 amide bonds. The standard InChI is InChI=1S/C9H16N4O2/c1-8(9(14)15-2)7-10-3-5-13-6-4-11-12-13/h4,6,8,10H,3,5,7H2,1-2H3. The van der Waals surface area contributed by atoms with Crippen LogP contribution in [-0.2, 0) is 16.1 Å². The summed E-state index contributed by atoms with van der Waals surface area (Å²) in [6, 6.07) is 0. The Morgan fingerprint density at radius 1 is 1.67 bits per heavy atom. The number of methoxy groups -OCH3 is 1. The molecule has 1 N–H and O–H groups in total. The molecule has 1 atom stereocenters. The highest BCUT2D eigenvalue weighted by Crippen LogP contribution is 1.94. The molecular formula is C9H16N4O2. The lowest BCUT2D eigenvalue weighted by atomic mass is 10.2. The van der Waals surface area contributed by atoms with Gasteiger partial charge in [-0.1, -0.05) is 12.1 Å². The first-order valence-corrected chi connectivity index (χ1v) is 4.86. The predicted molar refractivity (Wildman–Crippen MR) is 54.1 cm³/mol. The number of nitrogens with one attached hydrogen (secondary N) is 1. The largest absolute Gasteiger partial charge is 0.469 e. The number of nitrogens with zero attached hydrogens (tertiary/aromatic N) is 3. The molecule has 1 aromatic rings. The minimum atomic E-state index is -0.191. The second-order valence-corrected chi connectivity index (χ2v) is 3.29. The zero-order chi connectivity index (χ0) is 11.1. The number of carbonyl (C=O) groups is 1. The molecule has 1 heterocycles. The molecule has 1 aromatic heterocycles. The number of ether oxygens (including phenoxy) is 1. The number of rotatable bonds is 6. The van der Waals surface area contributed by atoms with Crippen LogP contribution in [0.5, 0.6) is 0 Å². The van der Waals surface area contributed by atoms with Gasteiger partial charge in [0.2, 0.25) is 0 Å². The summed E-state index contributed by atoms with van der Waals surface area (Å²) < 4.78 is 6.34. The summed E-state index contributed by atoms with van der Waals surface area (Å²) in [5.74, 6) is -0.311. The Labute approximate surface area is 88.6 Å². The van der Waals surface area contributed by atoms with E-state index in [1.807, 2.05) is 6.92 Å². The molecule has 0 aliphatic carbocycles. The number of hydrogen-bond donors (Lipinski definition) is 1. The van der Waals surface area contributed by atoms with E-state index in [2.05, 4.69) is 20.4 Å². The zero-order valence-electron chi connectivity index (χ0n) is 9.01. The van der Waals surface area contributed by atoms with Gasteiger partial charge in [0.1, 0.15) is 0 Å². The molecule has 0 aromatic carbocycles. The minimum absolute atomic E-state index is 0.120. The van der Waals surface area contributed by atoms with Gasteiger partial charge >= 0.3 is 5.97 Å². The Hall–Kier alpha value is -1.43. The van der Waals surface area contributed by atoms with E-state index >= 15 is 0 Å². The normalized spacial score (nSPS) is 12.4. The third-order valence-electron chi connectivity index (χ3n) is 2.04. The Morgan fingerprint density at radius 3 is 3.07 bits per heavy atom. The third-order valence-corrected chi connectivity index (χ3v) is 2.04. The fourth-order valence-electron chi connectivity index (χ4n) is 1.15. The van der Waals surface area contributed by atoms with Gasteiger partial charge in [0.05, 0.1) is 25.8 Å². The molecule has 0 fully saturated rings. The second-order valence-electron chi connectivity index (χ2n) is 3.29. The molecule has 0 saturated heterocycles. The topological polar surface area (TPSA) is 69.0 Å². The minimum Gasteiger partial charge on any atom is -0.469 e. The second kappa shape index (κ2) is 6.13. The van der Waals surface area contributed by atoms with Crippen LogP contribution in [0.15, 0.2) is 12.4 Å². The van der Waals surface area contributed by atoms with Gasteiger partial charge in [0.25, 0.3) is 0 Å². The van der Waals surface area contributed by atoms with Gasteiger partial charge in [0.15, 0.2) is 0 Å². The SMILES string of the molecule is COC(=O)C(C)CNCCn1ccnn1. The maximum absolute atomic E-state index is 11.0. The van der Waals surface area contributed by atoms with E-state index in [4.69, 9.17) is 0 Å². The summed E-state index contributed by atoms with van der Waals surface area (Å²) in [4.78, 5) is 11.0. The van der Waals surface area contributed by atoms with E-state index in [0.717, 1.165) is 13.1 Å². The molecule has 6 nitrogen and oxygen atoms in total. The van der Waals surface area contributed by atoms with Crippen molar-refractivity contribution in [3.63, 3.8) is 0 Å². The van der Waals surface area contributed by atoms with E-state index in [1.54, 1.807) is 17.1 Å². The van der Waals surface area contributed by atoms with Crippen LogP contribution >= 0.6 is 0 Å². The molecule has 0 saturated carbocycles. The van der Waals surface area contributed by atoms with Crippen molar-refractivity contribution in [3.05, 3.63) is 12.4 Å². The average Bonchev–Trinajstić information content (AvgIpc) is 2.75. The predicted octanol–water partition coefficient (Wildman–Crippen LogP) is -0.323. The van der Waals surface area contributed by atoms with Gasteiger partial charge in [-0.05, 0) is 0 Å². The van der Waals surface area contributed by atoms with Crippen molar-refractivity contribution in [2.24, 2.45) is 5.92 Å². The molecule has 0 aliphatic rings. The highest BCUT2D eigenvalue weighted by molar-refractivity contribution is 5.71. The maximum atomic E-state index is 11.0. The van der Waals surface area contributed by atoms with Gasteiger partial charge in [-0.3, -0.25) is 9.48 Å². The lowest BCUT2D eigenvalue weighted by Crippen LogP contribution is -2.29. The van der Waals surface area contributed by atoms with Gasteiger partial charge in [-0.2, -0.15) is 0 Å². The summed E-state index contributed by atoms with van der Waals surface area (Å²) in [7, 11) is 1.40. The number of carbonyl (C=O) groups excluding carboxylic acids is 1. The van der Waals surface area contributed by atoms with Crippen LogP contribution in [0.3, 0.4) is 0 Å². The molecule has 1 rings (SSSR count). The van der Waals surface area contributed by atoms with Crippen molar-refractivity contribution >= 4 is 5.97 Å². The molecule has 0 spiro atoms. The summed E-state index contributed by atoms with van der Waals surface area (Å²) in [6.07, 6.45) is 3.43. The molecule has 0 radical (unpaired) electrons. The number of esters is 1. The molecule has 0 aliphatic heterocycles. The van der Waals surface area contributed by atoms with E-state index in [0.29, 0.717) is 6.54 Å². The van der Waals surface area contributed by atoms with E-state index < -0.39 is 0 Å². The highest BCUT2D eigenvalue weighted by Gasteiger charge is 2.11. The van der Waals surface area contributed by atoms with Gasteiger partial charge in [-0.25, -0.2) is 0 Å². The van der Waals surface area contributed by atoms with Crippen LogP contribution < -0.4 is 5.32 Å². The van der Waals surface area contributed by atoms with Crippen molar-refractivity contribution in [3.8, 4) is 0 Å². The fourth-order valence-corrected chi connectivity index (χ4v) is 1.15. The van der Waals surface area contributed by atoms with Crippen LogP contribution in [0.25, 0.3) is 0 Å². The summed E-state index contributed by atoms with van der Waals surface area (Å²) in [5, 5.41) is 10.7. The van der Waals surface area contributed by atoms with Crippen LogP contribution in [0.4, 0.5) is 0 Å². The van der Waals surface area contributed by atoms with Crippen molar-refractivity contribution in [1.29, 1.82) is 0 Å². The zero-order valence-corrected chi connectivity index (χ0v) is 9.01. The lowest BCUT2D eigenvalue weighted by Gasteiger charge is -2.09. The maximum Gasteiger partial charge on any atom is 0.309 e. The Bertz CT molecular complexity index is 286. The first kappa shape index (κ1) is 11.6. The summed E-state index contributed by atoms with van der Waals surface area (Å²) in [6.45, 7) is 3.94. The Kier molecular flexibility index (Phi) is 4.76.